The molecule has 3 aliphatic rings. The molecule has 3 rings (SSSR count). The minimum atomic E-state index is -3.21. The maximum atomic E-state index is 13.2. The minimum Gasteiger partial charge on any atom is -0.340 e. The van der Waals surface area contributed by atoms with Crippen molar-refractivity contribution in [1.82, 2.24) is 19.8 Å². The van der Waals surface area contributed by atoms with Crippen LogP contribution in [0.2, 0.25) is 0 Å². The van der Waals surface area contributed by atoms with Crippen LogP contribution in [0.3, 0.4) is 0 Å². The van der Waals surface area contributed by atoms with E-state index >= 15 is 0 Å². The molecule has 2 fully saturated rings. The third kappa shape index (κ3) is 7.51. The van der Waals surface area contributed by atoms with Gasteiger partial charge in [0.1, 0.15) is 0 Å². The number of rotatable bonds is 9. The molecule has 1 amide bonds. The number of allylic oxidation sites excluding steroid dienone is 1. The van der Waals surface area contributed by atoms with Crippen LogP contribution in [-0.4, -0.2) is 75.3 Å². The van der Waals surface area contributed by atoms with Crippen molar-refractivity contribution >= 4 is 15.9 Å². The van der Waals surface area contributed by atoms with E-state index in [-0.39, 0.29) is 23.5 Å². The Bertz CT molecular complexity index is 769. The highest BCUT2D eigenvalue weighted by Gasteiger charge is 2.34. The first-order valence-corrected chi connectivity index (χ1v) is 14.8. The predicted molar refractivity (Wildman–Crippen MR) is 134 cm³/mol. The Kier molecular flexibility index (Phi) is 9.80. The second kappa shape index (κ2) is 12.1. The van der Waals surface area contributed by atoms with Gasteiger partial charge in [-0.05, 0) is 69.2 Å². The fourth-order valence-electron chi connectivity index (χ4n) is 5.84. The Balaban J connectivity index is 1.54. The van der Waals surface area contributed by atoms with E-state index in [0.29, 0.717) is 37.4 Å². The van der Waals surface area contributed by atoms with E-state index < -0.39 is 10.0 Å². The number of sulfonamides is 1. The highest BCUT2D eigenvalue weighted by molar-refractivity contribution is 7.89. The zero-order chi connectivity index (χ0) is 24.0. The monoisotopic (exact) mass is 482 g/mol. The summed E-state index contributed by atoms with van der Waals surface area (Å²) in [7, 11) is -3.21. The van der Waals surface area contributed by atoms with Crippen LogP contribution in [0, 0.1) is 23.7 Å². The lowest BCUT2D eigenvalue weighted by molar-refractivity contribution is -0.134. The van der Waals surface area contributed by atoms with Crippen molar-refractivity contribution in [1.29, 1.82) is 0 Å². The van der Waals surface area contributed by atoms with Crippen molar-refractivity contribution in [2.45, 2.75) is 72.4 Å². The zero-order valence-corrected chi connectivity index (χ0v) is 22.0. The van der Waals surface area contributed by atoms with Crippen LogP contribution in [-0.2, 0) is 14.8 Å². The molecule has 0 bridgehead atoms. The molecule has 0 radical (unpaired) electrons. The second-order valence-electron chi connectivity index (χ2n) is 10.7. The standard InChI is InChI=1S/C25H46N4O3S/c1-5-14-33(31,32)27-18-22-15-20(4)21(16-23(22)19(2)3)17-25(30)29-12-10-28(11-13-29)24-8-6-7-9-26-24/h15,19,21-24,26-27H,5-14,16-18H2,1-4H3/t21-,22+,23-,24?/m0/s1. The van der Waals surface area contributed by atoms with Gasteiger partial charge in [-0.2, -0.15) is 0 Å². The molecule has 2 heterocycles. The summed E-state index contributed by atoms with van der Waals surface area (Å²) < 4.78 is 27.1. The van der Waals surface area contributed by atoms with E-state index in [1.165, 1.54) is 24.8 Å². The van der Waals surface area contributed by atoms with E-state index in [1.807, 2.05) is 6.92 Å². The maximum absolute atomic E-state index is 13.2. The number of hydrogen-bond donors (Lipinski definition) is 2. The number of piperazine rings is 1. The molecule has 7 nitrogen and oxygen atoms in total. The fraction of sp³-hybridized carbons (Fsp3) is 0.880. The van der Waals surface area contributed by atoms with Crippen LogP contribution in [0.5, 0.6) is 0 Å². The molecule has 2 saturated heterocycles. The van der Waals surface area contributed by atoms with E-state index in [1.54, 1.807) is 0 Å². The van der Waals surface area contributed by atoms with Crippen molar-refractivity contribution in [3.05, 3.63) is 11.6 Å². The lowest BCUT2D eigenvalue weighted by Crippen LogP contribution is -2.57. The minimum absolute atomic E-state index is 0.177. The summed E-state index contributed by atoms with van der Waals surface area (Å²) in [6, 6.07) is 0. The van der Waals surface area contributed by atoms with E-state index in [0.717, 1.165) is 39.1 Å². The van der Waals surface area contributed by atoms with E-state index in [2.05, 4.69) is 46.7 Å². The van der Waals surface area contributed by atoms with Crippen molar-refractivity contribution < 1.29 is 13.2 Å². The van der Waals surface area contributed by atoms with Gasteiger partial charge in [0.2, 0.25) is 15.9 Å². The highest BCUT2D eigenvalue weighted by atomic mass is 32.2. The first kappa shape index (κ1) is 26.6. The molecule has 2 N–H and O–H groups in total. The van der Waals surface area contributed by atoms with Gasteiger partial charge in [-0.3, -0.25) is 9.69 Å². The number of nitrogens with zero attached hydrogens (tertiary/aromatic N) is 2. The summed E-state index contributed by atoms with van der Waals surface area (Å²) in [5, 5.41) is 3.62. The molecule has 0 spiro atoms. The third-order valence-electron chi connectivity index (χ3n) is 7.91. The van der Waals surface area contributed by atoms with Crippen LogP contribution < -0.4 is 10.0 Å². The summed E-state index contributed by atoms with van der Waals surface area (Å²) in [5.74, 6) is 1.72. The average Bonchev–Trinajstić information content (AvgIpc) is 2.79. The quantitative estimate of drug-likeness (QED) is 0.494. The van der Waals surface area contributed by atoms with Gasteiger partial charge in [0.25, 0.3) is 0 Å². The van der Waals surface area contributed by atoms with Gasteiger partial charge in [-0.15, -0.1) is 0 Å². The van der Waals surface area contributed by atoms with Gasteiger partial charge in [-0.25, -0.2) is 13.1 Å². The Morgan fingerprint density at radius 1 is 1.21 bits per heavy atom. The molecule has 0 saturated carbocycles. The number of piperidine rings is 1. The highest BCUT2D eigenvalue weighted by Crippen LogP contribution is 2.39. The number of hydrogen-bond acceptors (Lipinski definition) is 5. The normalized spacial score (nSPS) is 29.8. The van der Waals surface area contributed by atoms with Crippen LogP contribution in [0.25, 0.3) is 0 Å². The van der Waals surface area contributed by atoms with Crippen LogP contribution in [0.1, 0.15) is 66.2 Å². The lowest BCUT2D eigenvalue weighted by atomic mass is 9.70. The second-order valence-corrected chi connectivity index (χ2v) is 12.6. The number of carbonyl (C=O) groups is 1. The Labute approximate surface area is 201 Å². The van der Waals surface area contributed by atoms with E-state index in [9.17, 15) is 13.2 Å². The van der Waals surface area contributed by atoms with Gasteiger partial charge >= 0.3 is 0 Å². The summed E-state index contributed by atoms with van der Waals surface area (Å²) in [4.78, 5) is 17.7. The molecule has 0 aromatic carbocycles. The Morgan fingerprint density at radius 2 is 1.94 bits per heavy atom. The molecule has 0 aromatic rings. The average molecular weight is 483 g/mol. The van der Waals surface area contributed by atoms with Crippen molar-refractivity contribution in [2.75, 3.05) is 45.0 Å². The third-order valence-corrected chi connectivity index (χ3v) is 9.46. The first-order valence-electron chi connectivity index (χ1n) is 13.1. The number of nitrogens with one attached hydrogen (secondary N) is 2. The predicted octanol–water partition coefficient (Wildman–Crippen LogP) is 2.80. The van der Waals surface area contributed by atoms with Crippen LogP contribution in [0.15, 0.2) is 11.6 Å². The molecular formula is C25H46N4O3S. The summed E-state index contributed by atoms with van der Waals surface area (Å²) in [6.07, 6.45) is 8.66. The van der Waals surface area contributed by atoms with Gasteiger partial charge in [0.05, 0.1) is 11.9 Å². The van der Waals surface area contributed by atoms with Gasteiger partial charge < -0.3 is 10.2 Å². The smallest absolute Gasteiger partial charge is 0.223 e. The van der Waals surface area contributed by atoms with Crippen molar-refractivity contribution in [3.8, 4) is 0 Å². The molecule has 0 aromatic heterocycles. The molecule has 1 unspecified atom stereocenters. The summed E-state index contributed by atoms with van der Waals surface area (Å²) >= 11 is 0. The van der Waals surface area contributed by atoms with Gasteiger partial charge in [0, 0.05) is 39.1 Å². The molecule has 190 valence electrons. The lowest BCUT2D eigenvalue weighted by Gasteiger charge is -2.42. The summed E-state index contributed by atoms with van der Waals surface area (Å²) in [5.41, 5.74) is 1.24. The topological polar surface area (TPSA) is 81.8 Å². The van der Waals surface area contributed by atoms with Crippen molar-refractivity contribution in [3.63, 3.8) is 0 Å². The SMILES string of the molecule is CCCS(=O)(=O)NC[C@H]1C=C(C)[C@H](CC(=O)N2CCN(C3CCCCN3)CC2)C[C@H]1C(C)C. The van der Waals surface area contributed by atoms with E-state index in [4.69, 9.17) is 0 Å². The van der Waals surface area contributed by atoms with Crippen LogP contribution >= 0.6 is 0 Å². The van der Waals surface area contributed by atoms with Crippen LogP contribution in [0.4, 0.5) is 0 Å². The Morgan fingerprint density at radius 3 is 2.55 bits per heavy atom. The van der Waals surface area contributed by atoms with Gasteiger partial charge in [-0.1, -0.05) is 32.4 Å². The largest absolute Gasteiger partial charge is 0.340 e. The maximum Gasteiger partial charge on any atom is 0.223 e. The molecular weight excluding hydrogens is 436 g/mol. The fourth-order valence-corrected chi connectivity index (χ4v) is 6.97. The first-order chi connectivity index (χ1) is 15.7. The molecule has 4 atom stereocenters. The molecule has 33 heavy (non-hydrogen) atoms. The zero-order valence-electron chi connectivity index (χ0n) is 21.2. The van der Waals surface area contributed by atoms with Crippen molar-refractivity contribution in [2.24, 2.45) is 23.7 Å². The molecule has 1 aliphatic carbocycles. The number of carbonyl (C=O) groups excluding carboxylic acids is 1. The number of amides is 1. The Hall–Kier alpha value is -0.960. The molecule has 2 aliphatic heterocycles. The van der Waals surface area contributed by atoms with Gasteiger partial charge in [0.15, 0.2) is 0 Å². The summed E-state index contributed by atoms with van der Waals surface area (Å²) in [6.45, 7) is 13.5. The molecule has 8 heteroatoms.